The number of furan rings is 1. The lowest BCUT2D eigenvalue weighted by Crippen LogP contribution is -2.30. The van der Waals surface area contributed by atoms with E-state index in [4.69, 9.17) is 4.42 Å². The molecule has 19 heavy (non-hydrogen) atoms. The highest BCUT2D eigenvalue weighted by Crippen LogP contribution is 2.17. The van der Waals surface area contributed by atoms with Crippen LogP contribution in [0.1, 0.15) is 12.2 Å². The number of likely N-dealkylation sites (N-methyl/N-ethyl adjacent to an activating group) is 1. The van der Waals surface area contributed by atoms with E-state index in [1.807, 2.05) is 0 Å². The molecule has 1 fully saturated rings. The van der Waals surface area contributed by atoms with Crippen LogP contribution in [-0.2, 0) is 16.6 Å². The average molecular weight is 287 g/mol. The Balaban J connectivity index is 1.95. The van der Waals surface area contributed by atoms with Gasteiger partial charge in [-0.3, -0.25) is 0 Å². The van der Waals surface area contributed by atoms with Crippen molar-refractivity contribution in [1.29, 1.82) is 0 Å². The first-order valence-corrected chi connectivity index (χ1v) is 7.77. The standard InChI is InChI=1S/C12H21N3O3S/c1-14(2)19(16,17)12-5-4-11(18-12)8-13-10-6-7-15(3)9-10/h4-5,10,13H,6-9H2,1-3H3. The van der Waals surface area contributed by atoms with E-state index in [2.05, 4.69) is 17.3 Å². The van der Waals surface area contributed by atoms with E-state index in [1.165, 1.54) is 20.2 Å². The minimum atomic E-state index is -3.47. The number of rotatable bonds is 5. The molecule has 0 aromatic carbocycles. The molecule has 0 bridgehead atoms. The van der Waals surface area contributed by atoms with E-state index in [0.29, 0.717) is 18.3 Å². The van der Waals surface area contributed by atoms with Gasteiger partial charge in [0.05, 0.1) is 6.54 Å². The molecular formula is C12H21N3O3S. The van der Waals surface area contributed by atoms with Gasteiger partial charge in [0.1, 0.15) is 5.76 Å². The van der Waals surface area contributed by atoms with Crippen LogP contribution in [0.2, 0.25) is 0 Å². The number of hydrogen-bond acceptors (Lipinski definition) is 5. The molecule has 7 heteroatoms. The fourth-order valence-electron chi connectivity index (χ4n) is 2.12. The molecule has 1 unspecified atom stereocenters. The summed E-state index contributed by atoms with van der Waals surface area (Å²) in [5, 5.41) is 3.38. The van der Waals surface area contributed by atoms with Crippen LogP contribution in [0.15, 0.2) is 21.6 Å². The van der Waals surface area contributed by atoms with Crippen molar-refractivity contribution in [3.63, 3.8) is 0 Å². The molecular weight excluding hydrogens is 266 g/mol. The summed E-state index contributed by atoms with van der Waals surface area (Å²) in [6.45, 7) is 2.67. The molecule has 1 aromatic rings. The fourth-order valence-corrected chi connectivity index (χ4v) is 2.93. The van der Waals surface area contributed by atoms with Crippen molar-refractivity contribution in [2.24, 2.45) is 0 Å². The minimum absolute atomic E-state index is 0.00200. The van der Waals surface area contributed by atoms with Gasteiger partial charge < -0.3 is 14.6 Å². The normalized spacial score (nSPS) is 21.4. The molecule has 0 saturated carbocycles. The molecule has 0 spiro atoms. The van der Waals surface area contributed by atoms with Crippen LogP contribution in [0, 0.1) is 0 Å². The largest absolute Gasteiger partial charge is 0.447 e. The number of hydrogen-bond donors (Lipinski definition) is 1. The molecule has 1 aromatic heterocycles. The predicted octanol–water partition coefficient (Wildman–Crippen LogP) is 0.324. The SMILES string of the molecule is CN1CCC(NCc2ccc(S(=O)(=O)N(C)C)o2)C1. The first kappa shape index (κ1) is 14.5. The van der Waals surface area contributed by atoms with Crippen LogP contribution in [0.3, 0.4) is 0 Å². The molecule has 0 amide bonds. The summed E-state index contributed by atoms with van der Waals surface area (Å²) in [5.41, 5.74) is 0. The van der Waals surface area contributed by atoms with Gasteiger partial charge in [0, 0.05) is 26.7 Å². The lowest BCUT2D eigenvalue weighted by molar-refractivity contribution is 0.368. The third-order valence-electron chi connectivity index (χ3n) is 3.33. The summed E-state index contributed by atoms with van der Waals surface area (Å²) in [6, 6.07) is 3.67. The summed E-state index contributed by atoms with van der Waals surface area (Å²) < 4.78 is 30.2. The van der Waals surface area contributed by atoms with Crippen molar-refractivity contribution >= 4 is 10.0 Å². The molecule has 1 aliphatic heterocycles. The Bertz CT molecular complexity index is 524. The van der Waals surface area contributed by atoms with Gasteiger partial charge in [0.2, 0.25) is 5.09 Å². The highest BCUT2D eigenvalue weighted by Gasteiger charge is 2.22. The highest BCUT2D eigenvalue weighted by molar-refractivity contribution is 7.88. The molecule has 2 heterocycles. The summed E-state index contributed by atoms with van der Waals surface area (Å²) in [5.74, 6) is 0.648. The Morgan fingerprint density at radius 1 is 1.47 bits per heavy atom. The summed E-state index contributed by atoms with van der Waals surface area (Å²) in [7, 11) is 1.60. The second-order valence-electron chi connectivity index (χ2n) is 5.14. The molecule has 0 aliphatic carbocycles. The second kappa shape index (κ2) is 5.62. The number of nitrogens with zero attached hydrogens (tertiary/aromatic N) is 2. The second-order valence-corrected chi connectivity index (χ2v) is 7.22. The van der Waals surface area contributed by atoms with Gasteiger partial charge in [0.25, 0.3) is 10.0 Å². The predicted molar refractivity (Wildman–Crippen MR) is 72.3 cm³/mol. The van der Waals surface area contributed by atoms with Crippen LogP contribution in [0.5, 0.6) is 0 Å². The zero-order chi connectivity index (χ0) is 14.0. The van der Waals surface area contributed by atoms with Crippen molar-refractivity contribution in [2.45, 2.75) is 24.1 Å². The maximum atomic E-state index is 11.9. The van der Waals surface area contributed by atoms with Gasteiger partial charge in [-0.15, -0.1) is 0 Å². The molecule has 1 aliphatic rings. The van der Waals surface area contributed by atoms with Gasteiger partial charge in [-0.1, -0.05) is 0 Å². The quantitative estimate of drug-likeness (QED) is 0.845. The first-order chi connectivity index (χ1) is 8.89. The third kappa shape index (κ3) is 3.36. The van der Waals surface area contributed by atoms with E-state index >= 15 is 0 Å². The smallest absolute Gasteiger partial charge is 0.275 e. The maximum absolute atomic E-state index is 11.9. The van der Waals surface area contributed by atoms with Crippen molar-refractivity contribution in [3.8, 4) is 0 Å². The van der Waals surface area contributed by atoms with Crippen LogP contribution >= 0.6 is 0 Å². The van der Waals surface area contributed by atoms with Crippen molar-refractivity contribution in [2.75, 3.05) is 34.2 Å². The van der Waals surface area contributed by atoms with Gasteiger partial charge in [-0.2, -0.15) is 0 Å². The van der Waals surface area contributed by atoms with E-state index < -0.39 is 10.0 Å². The molecule has 1 N–H and O–H groups in total. The first-order valence-electron chi connectivity index (χ1n) is 6.33. The molecule has 6 nitrogen and oxygen atoms in total. The molecule has 108 valence electrons. The zero-order valence-corrected chi connectivity index (χ0v) is 12.4. The summed E-state index contributed by atoms with van der Waals surface area (Å²) in [4.78, 5) is 2.27. The van der Waals surface area contributed by atoms with Gasteiger partial charge in [-0.25, -0.2) is 12.7 Å². The van der Waals surface area contributed by atoms with E-state index in [1.54, 1.807) is 6.07 Å². The van der Waals surface area contributed by atoms with Gasteiger partial charge in [-0.05, 0) is 32.1 Å². The Kier molecular flexibility index (Phi) is 4.29. The number of sulfonamides is 1. The van der Waals surface area contributed by atoms with Crippen molar-refractivity contribution in [3.05, 3.63) is 17.9 Å². The van der Waals surface area contributed by atoms with Crippen LogP contribution in [0.4, 0.5) is 0 Å². The molecule has 1 saturated heterocycles. The van der Waals surface area contributed by atoms with Crippen molar-refractivity contribution < 1.29 is 12.8 Å². The Morgan fingerprint density at radius 3 is 2.79 bits per heavy atom. The maximum Gasteiger partial charge on any atom is 0.275 e. The van der Waals surface area contributed by atoms with Crippen LogP contribution < -0.4 is 5.32 Å². The average Bonchev–Trinajstić information content (AvgIpc) is 2.95. The van der Waals surface area contributed by atoms with Crippen molar-refractivity contribution in [1.82, 2.24) is 14.5 Å². The van der Waals surface area contributed by atoms with Crippen LogP contribution in [0.25, 0.3) is 0 Å². The minimum Gasteiger partial charge on any atom is -0.447 e. The summed E-state index contributed by atoms with van der Waals surface area (Å²) in [6.07, 6.45) is 1.11. The van der Waals surface area contributed by atoms with Crippen LogP contribution in [-0.4, -0.2) is 57.9 Å². The Hall–Kier alpha value is -0.890. The number of nitrogens with one attached hydrogen (secondary N) is 1. The summed E-state index contributed by atoms with van der Waals surface area (Å²) >= 11 is 0. The lowest BCUT2D eigenvalue weighted by atomic mass is 10.2. The van der Waals surface area contributed by atoms with E-state index in [-0.39, 0.29) is 5.09 Å². The topological polar surface area (TPSA) is 65.8 Å². The number of likely N-dealkylation sites (tertiary alicyclic amines) is 1. The van der Waals surface area contributed by atoms with Gasteiger partial charge >= 0.3 is 0 Å². The van der Waals surface area contributed by atoms with E-state index in [0.717, 1.165) is 23.8 Å². The molecule has 0 radical (unpaired) electrons. The van der Waals surface area contributed by atoms with Gasteiger partial charge in [0.15, 0.2) is 0 Å². The molecule has 2 rings (SSSR count). The molecule has 1 atom stereocenters. The lowest BCUT2D eigenvalue weighted by Gasteiger charge is -2.11. The Labute approximate surface area is 114 Å². The fraction of sp³-hybridized carbons (Fsp3) is 0.667. The highest BCUT2D eigenvalue weighted by atomic mass is 32.2. The van der Waals surface area contributed by atoms with E-state index in [9.17, 15) is 8.42 Å². The zero-order valence-electron chi connectivity index (χ0n) is 11.6. The Morgan fingerprint density at radius 2 is 2.21 bits per heavy atom. The monoisotopic (exact) mass is 287 g/mol. The third-order valence-corrected chi connectivity index (χ3v) is 5.02.